The zero-order chi connectivity index (χ0) is 14.2. The van der Waals surface area contributed by atoms with E-state index in [0.29, 0.717) is 5.92 Å². The van der Waals surface area contributed by atoms with Gasteiger partial charge in [-0.2, -0.15) is 0 Å². The Labute approximate surface area is 130 Å². The lowest BCUT2D eigenvalue weighted by Gasteiger charge is -2.35. The van der Waals surface area contributed by atoms with Crippen molar-refractivity contribution in [3.8, 4) is 0 Å². The predicted molar refractivity (Wildman–Crippen MR) is 89.1 cm³/mol. The molecule has 1 aromatic carbocycles. The van der Waals surface area contributed by atoms with Crippen molar-refractivity contribution in [1.82, 2.24) is 14.8 Å². The average Bonchev–Trinajstić information content (AvgIpc) is 3.14. The van der Waals surface area contributed by atoms with Gasteiger partial charge in [-0.05, 0) is 58.1 Å². The highest BCUT2D eigenvalue weighted by molar-refractivity contribution is 7.18. The average molecular weight is 301 g/mol. The van der Waals surface area contributed by atoms with Gasteiger partial charge < -0.3 is 4.90 Å². The number of fused-ring (bicyclic) bond motifs is 1. The second-order valence-electron chi connectivity index (χ2n) is 6.53. The van der Waals surface area contributed by atoms with Crippen LogP contribution in [0.2, 0.25) is 0 Å². The van der Waals surface area contributed by atoms with Crippen molar-refractivity contribution in [3.05, 3.63) is 29.3 Å². The molecule has 0 radical (unpaired) electrons. The first kappa shape index (κ1) is 13.7. The van der Waals surface area contributed by atoms with Crippen molar-refractivity contribution in [2.45, 2.75) is 31.2 Å². The van der Waals surface area contributed by atoms with Crippen LogP contribution in [0, 0.1) is 0 Å². The van der Waals surface area contributed by atoms with Crippen molar-refractivity contribution >= 4 is 21.6 Å². The van der Waals surface area contributed by atoms with Crippen molar-refractivity contribution in [1.29, 1.82) is 0 Å². The molecule has 0 unspecified atom stereocenters. The molecular formula is C17H23N3S. The van der Waals surface area contributed by atoms with Crippen molar-refractivity contribution < 1.29 is 0 Å². The van der Waals surface area contributed by atoms with Gasteiger partial charge in [-0.15, -0.1) is 11.3 Å². The van der Waals surface area contributed by atoms with Gasteiger partial charge in [0.25, 0.3) is 0 Å². The first-order valence-corrected chi connectivity index (χ1v) is 8.89. The van der Waals surface area contributed by atoms with Gasteiger partial charge in [0, 0.05) is 18.5 Å². The first-order valence-electron chi connectivity index (χ1n) is 8.07. The minimum atomic E-state index is 0.655. The summed E-state index contributed by atoms with van der Waals surface area (Å²) in [6, 6.07) is 9.34. The summed E-state index contributed by atoms with van der Waals surface area (Å²) in [5.41, 5.74) is 1.18. The molecule has 0 saturated carbocycles. The van der Waals surface area contributed by atoms with E-state index in [2.05, 4.69) is 41.1 Å². The number of likely N-dealkylation sites (tertiary alicyclic amines) is 2. The molecule has 4 heteroatoms. The van der Waals surface area contributed by atoms with Crippen LogP contribution in [-0.2, 0) is 0 Å². The molecule has 112 valence electrons. The SMILES string of the molecule is CN1CCC(N2CC[C@H](c3nc4ccccc4s3)C2)CC1. The molecule has 2 saturated heterocycles. The Bertz CT molecular complexity index is 582. The number of thiazole rings is 1. The molecule has 4 rings (SSSR count). The van der Waals surface area contributed by atoms with E-state index in [4.69, 9.17) is 4.98 Å². The van der Waals surface area contributed by atoms with Crippen LogP contribution in [-0.4, -0.2) is 54.1 Å². The highest BCUT2D eigenvalue weighted by Gasteiger charge is 2.32. The maximum atomic E-state index is 4.87. The monoisotopic (exact) mass is 301 g/mol. The molecule has 0 bridgehead atoms. The highest BCUT2D eigenvalue weighted by Crippen LogP contribution is 2.34. The van der Waals surface area contributed by atoms with Gasteiger partial charge in [-0.1, -0.05) is 12.1 Å². The zero-order valence-electron chi connectivity index (χ0n) is 12.7. The number of hydrogen-bond acceptors (Lipinski definition) is 4. The van der Waals surface area contributed by atoms with Crippen LogP contribution in [0.4, 0.5) is 0 Å². The second-order valence-corrected chi connectivity index (χ2v) is 7.60. The van der Waals surface area contributed by atoms with E-state index in [9.17, 15) is 0 Å². The van der Waals surface area contributed by atoms with Gasteiger partial charge in [-0.25, -0.2) is 4.98 Å². The first-order chi connectivity index (χ1) is 10.3. The third kappa shape index (κ3) is 2.72. The van der Waals surface area contributed by atoms with Crippen LogP contribution in [0.3, 0.4) is 0 Å². The third-order valence-corrected chi connectivity index (χ3v) is 6.28. The van der Waals surface area contributed by atoms with Crippen molar-refractivity contribution in [2.24, 2.45) is 0 Å². The van der Waals surface area contributed by atoms with E-state index in [1.54, 1.807) is 0 Å². The lowest BCUT2D eigenvalue weighted by molar-refractivity contribution is 0.142. The van der Waals surface area contributed by atoms with E-state index in [-0.39, 0.29) is 0 Å². The van der Waals surface area contributed by atoms with Gasteiger partial charge in [0.05, 0.1) is 15.2 Å². The topological polar surface area (TPSA) is 19.4 Å². The summed E-state index contributed by atoms with van der Waals surface area (Å²) in [4.78, 5) is 10.1. The maximum Gasteiger partial charge on any atom is 0.0982 e. The fraction of sp³-hybridized carbons (Fsp3) is 0.588. The summed E-state index contributed by atoms with van der Waals surface area (Å²) >= 11 is 1.90. The Kier molecular flexibility index (Phi) is 3.69. The number of piperidine rings is 1. The number of benzene rings is 1. The normalized spacial score (nSPS) is 25.9. The summed E-state index contributed by atoms with van der Waals surface area (Å²) in [5.74, 6) is 0.655. The van der Waals surface area contributed by atoms with Gasteiger partial charge in [-0.3, -0.25) is 4.90 Å². The van der Waals surface area contributed by atoms with Gasteiger partial charge in [0.2, 0.25) is 0 Å². The van der Waals surface area contributed by atoms with Crippen LogP contribution >= 0.6 is 11.3 Å². The molecule has 3 heterocycles. The summed E-state index contributed by atoms with van der Waals surface area (Å²) in [6.07, 6.45) is 3.96. The lowest BCUT2D eigenvalue weighted by atomic mass is 10.0. The summed E-state index contributed by atoms with van der Waals surface area (Å²) in [5, 5.41) is 1.35. The molecule has 0 aliphatic carbocycles. The molecule has 2 aliphatic heterocycles. The van der Waals surface area contributed by atoms with Crippen LogP contribution in [0.25, 0.3) is 10.2 Å². The number of nitrogens with zero attached hydrogens (tertiary/aromatic N) is 3. The number of aromatic nitrogens is 1. The smallest absolute Gasteiger partial charge is 0.0982 e. The van der Waals surface area contributed by atoms with Crippen LogP contribution < -0.4 is 0 Å². The largest absolute Gasteiger partial charge is 0.306 e. The highest BCUT2D eigenvalue weighted by atomic mass is 32.1. The quantitative estimate of drug-likeness (QED) is 0.849. The Morgan fingerprint density at radius 3 is 2.71 bits per heavy atom. The van der Waals surface area contributed by atoms with E-state index in [0.717, 1.165) is 6.04 Å². The Morgan fingerprint density at radius 2 is 1.90 bits per heavy atom. The van der Waals surface area contributed by atoms with E-state index in [1.807, 2.05) is 11.3 Å². The van der Waals surface area contributed by atoms with Gasteiger partial charge in [0.1, 0.15) is 0 Å². The summed E-state index contributed by atoms with van der Waals surface area (Å²) in [7, 11) is 2.24. The molecular weight excluding hydrogens is 278 g/mol. The van der Waals surface area contributed by atoms with Gasteiger partial charge in [0.15, 0.2) is 0 Å². The molecule has 3 nitrogen and oxygen atoms in total. The predicted octanol–water partition coefficient (Wildman–Crippen LogP) is 3.18. The van der Waals surface area contributed by atoms with Crippen molar-refractivity contribution in [3.63, 3.8) is 0 Å². The minimum Gasteiger partial charge on any atom is -0.306 e. The summed E-state index contributed by atoms with van der Waals surface area (Å²) < 4.78 is 1.34. The Hall–Kier alpha value is -0.970. The number of rotatable bonds is 2. The van der Waals surface area contributed by atoms with Gasteiger partial charge >= 0.3 is 0 Å². The fourth-order valence-corrected chi connectivity index (χ4v) is 4.84. The molecule has 2 aromatic rings. The molecule has 1 atom stereocenters. The third-order valence-electron chi connectivity index (χ3n) is 5.08. The van der Waals surface area contributed by atoms with Crippen molar-refractivity contribution in [2.75, 3.05) is 33.2 Å². The van der Waals surface area contributed by atoms with E-state index < -0.39 is 0 Å². The molecule has 1 aromatic heterocycles. The van der Waals surface area contributed by atoms with Crippen LogP contribution in [0.15, 0.2) is 24.3 Å². The number of para-hydroxylation sites is 1. The van der Waals surface area contributed by atoms with E-state index >= 15 is 0 Å². The van der Waals surface area contributed by atoms with E-state index in [1.165, 1.54) is 60.7 Å². The molecule has 2 fully saturated rings. The fourth-order valence-electron chi connectivity index (χ4n) is 3.75. The lowest BCUT2D eigenvalue weighted by Crippen LogP contribution is -2.42. The zero-order valence-corrected chi connectivity index (χ0v) is 13.5. The molecule has 0 spiro atoms. The molecule has 0 amide bonds. The Balaban J connectivity index is 1.46. The maximum absolute atomic E-state index is 4.87. The number of hydrogen-bond donors (Lipinski definition) is 0. The Morgan fingerprint density at radius 1 is 1.10 bits per heavy atom. The van der Waals surface area contributed by atoms with Crippen LogP contribution in [0.1, 0.15) is 30.2 Å². The summed E-state index contributed by atoms with van der Waals surface area (Å²) in [6.45, 7) is 4.99. The second kappa shape index (κ2) is 5.67. The standard InChI is InChI=1S/C17H23N3S/c1-19-9-7-14(8-10-19)20-11-6-13(12-20)17-18-15-4-2-3-5-16(15)21-17/h2-5,13-14H,6-12H2,1H3/t13-/m0/s1. The molecule has 2 aliphatic rings. The molecule has 0 N–H and O–H groups in total. The van der Waals surface area contributed by atoms with Crippen LogP contribution in [0.5, 0.6) is 0 Å². The minimum absolute atomic E-state index is 0.655. The molecule has 21 heavy (non-hydrogen) atoms.